The van der Waals surface area contributed by atoms with E-state index in [4.69, 9.17) is 17.3 Å². The van der Waals surface area contributed by atoms with Crippen LogP contribution in [0.25, 0.3) is 5.69 Å². The first-order valence-corrected chi connectivity index (χ1v) is 7.62. The van der Waals surface area contributed by atoms with E-state index in [0.717, 1.165) is 0 Å². The molecule has 2 rings (SSSR count). The molecule has 118 valence electrons. The molecule has 3 N–H and O–H groups in total. The summed E-state index contributed by atoms with van der Waals surface area (Å²) in [5.41, 5.74) is 6.12. The number of nitrogens with zero attached hydrogens (tertiary/aromatic N) is 3. The summed E-state index contributed by atoms with van der Waals surface area (Å²) in [7, 11) is 0. The Morgan fingerprint density at radius 1 is 1.41 bits per heavy atom. The van der Waals surface area contributed by atoms with Crippen molar-refractivity contribution >= 4 is 17.5 Å². The highest BCUT2D eigenvalue weighted by Crippen LogP contribution is 2.23. The number of amides is 1. The summed E-state index contributed by atoms with van der Waals surface area (Å²) < 4.78 is 1.63. The molecule has 0 spiro atoms. The van der Waals surface area contributed by atoms with Gasteiger partial charge in [0.05, 0.1) is 10.7 Å². The fraction of sp³-hybridized carbons (Fsp3) is 0.400. The van der Waals surface area contributed by atoms with Crippen molar-refractivity contribution in [1.29, 1.82) is 0 Å². The summed E-state index contributed by atoms with van der Waals surface area (Å²) >= 11 is 6.22. The largest absolute Gasteiger partial charge is 0.349 e. The number of para-hydroxylation sites is 1. The lowest BCUT2D eigenvalue weighted by Gasteiger charge is -2.09. The van der Waals surface area contributed by atoms with Crippen molar-refractivity contribution in [3.8, 4) is 5.69 Å². The van der Waals surface area contributed by atoms with Crippen LogP contribution in [-0.2, 0) is 0 Å². The van der Waals surface area contributed by atoms with Crippen LogP contribution in [0.1, 0.15) is 42.6 Å². The second-order valence-electron chi connectivity index (χ2n) is 5.21. The van der Waals surface area contributed by atoms with Gasteiger partial charge in [0.25, 0.3) is 5.91 Å². The van der Waals surface area contributed by atoms with Crippen molar-refractivity contribution < 1.29 is 4.79 Å². The van der Waals surface area contributed by atoms with Gasteiger partial charge in [0, 0.05) is 12.5 Å². The Morgan fingerprint density at radius 3 is 2.77 bits per heavy atom. The van der Waals surface area contributed by atoms with Crippen molar-refractivity contribution in [3.05, 3.63) is 40.9 Å². The van der Waals surface area contributed by atoms with Crippen LogP contribution in [0.4, 0.5) is 0 Å². The van der Waals surface area contributed by atoms with Crippen LogP contribution in [0.15, 0.2) is 24.3 Å². The van der Waals surface area contributed by atoms with Gasteiger partial charge in [-0.15, -0.1) is 5.10 Å². The quantitative estimate of drug-likeness (QED) is 0.798. The lowest BCUT2D eigenvalue weighted by molar-refractivity contribution is 0.0943. The molecule has 1 amide bonds. The molecule has 2 aromatic rings. The molecule has 0 aliphatic heterocycles. The Labute approximate surface area is 134 Å². The van der Waals surface area contributed by atoms with Crippen LogP contribution in [0.3, 0.4) is 0 Å². The molecule has 22 heavy (non-hydrogen) atoms. The van der Waals surface area contributed by atoms with Gasteiger partial charge in [0.15, 0.2) is 0 Å². The lowest BCUT2D eigenvalue weighted by atomic mass is 10.2. The minimum absolute atomic E-state index is 0.106. The number of aromatic nitrogens is 3. The predicted molar refractivity (Wildman–Crippen MR) is 86.5 cm³/mol. The zero-order valence-corrected chi connectivity index (χ0v) is 13.5. The summed E-state index contributed by atoms with van der Waals surface area (Å²) in [5.74, 6) is 0.633. The first-order chi connectivity index (χ1) is 10.5. The van der Waals surface area contributed by atoms with Gasteiger partial charge in [0.1, 0.15) is 5.82 Å². The highest BCUT2D eigenvalue weighted by molar-refractivity contribution is 6.32. The summed E-state index contributed by atoms with van der Waals surface area (Å²) in [6, 6.07) is 7.34. The van der Waals surface area contributed by atoms with Crippen LogP contribution in [0, 0.1) is 0 Å². The average molecular weight is 322 g/mol. The van der Waals surface area contributed by atoms with Gasteiger partial charge in [-0.3, -0.25) is 4.79 Å². The monoisotopic (exact) mass is 321 g/mol. The first kappa shape index (κ1) is 16.5. The average Bonchev–Trinajstić information content (AvgIpc) is 2.93. The molecule has 6 nitrogen and oxygen atoms in total. The number of carbonyl (C=O) groups is 1. The van der Waals surface area contributed by atoms with Crippen molar-refractivity contribution in [2.24, 2.45) is 5.73 Å². The van der Waals surface area contributed by atoms with E-state index in [2.05, 4.69) is 15.4 Å². The fourth-order valence-electron chi connectivity index (χ4n) is 1.98. The molecule has 0 radical (unpaired) electrons. The topological polar surface area (TPSA) is 85.8 Å². The maximum Gasteiger partial charge on any atom is 0.290 e. The molecule has 1 heterocycles. The van der Waals surface area contributed by atoms with Crippen LogP contribution in [0.5, 0.6) is 0 Å². The van der Waals surface area contributed by atoms with Gasteiger partial charge in [-0.25, -0.2) is 9.67 Å². The van der Waals surface area contributed by atoms with Crippen LogP contribution < -0.4 is 11.1 Å². The van der Waals surface area contributed by atoms with Crippen molar-refractivity contribution in [3.63, 3.8) is 0 Å². The molecular formula is C15H20ClN5O. The second-order valence-corrected chi connectivity index (χ2v) is 5.62. The standard InChI is InChI=1S/C15H20ClN5O/c1-10(2)14-19-13(15(22)18-9-5-8-17)20-21(14)12-7-4-3-6-11(12)16/h3-4,6-7,10H,5,8-9,17H2,1-2H3,(H,18,22). The number of halogens is 1. The summed E-state index contributed by atoms with van der Waals surface area (Å²) in [5, 5.41) is 7.63. The van der Waals surface area contributed by atoms with Gasteiger partial charge in [-0.05, 0) is 25.1 Å². The van der Waals surface area contributed by atoms with Gasteiger partial charge in [-0.1, -0.05) is 37.6 Å². The number of benzene rings is 1. The number of rotatable bonds is 6. The zero-order valence-electron chi connectivity index (χ0n) is 12.7. The summed E-state index contributed by atoms with van der Waals surface area (Å²) in [6.45, 7) is 5.02. The summed E-state index contributed by atoms with van der Waals surface area (Å²) in [6.07, 6.45) is 0.716. The third-order valence-corrected chi connectivity index (χ3v) is 3.42. The van der Waals surface area contributed by atoms with E-state index < -0.39 is 0 Å². The number of carbonyl (C=O) groups excluding carboxylic acids is 1. The minimum Gasteiger partial charge on any atom is -0.349 e. The van der Waals surface area contributed by atoms with Gasteiger partial charge in [-0.2, -0.15) is 0 Å². The molecule has 1 aromatic heterocycles. The SMILES string of the molecule is CC(C)c1nc(C(=O)NCCCN)nn1-c1ccccc1Cl. The molecule has 7 heteroatoms. The van der Waals surface area contributed by atoms with E-state index in [9.17, 15) is 4.79 Å². The van der Waals surface area contributed by atoms with Crippen molar-refractivity contribution in [1.82, 2.24) is 20.1 Å². The maximum atomic E-state index is 12.1. The minimum atomic E-state index is -0.304. The molecule has 0 bridgehead atoms. The second kappa shape index (κ2) is 7.38. The lowest BCUT2D eigenvalue weighted by Crippen LogP contribution is -2.27. The smallest absolute Gasteiger partial charge is 0.290 e. The van der Waals surface area contributed by atoms with E-state index >= 15 is 0 Å². The Kier molecular flexibility index (Phi) is 5.51. The third kappa shape index (κ3) is 3.64. The molecule has 0 atom stereocenters. The molecule has 0 saturated carbocycles. The van der Waals surface area contributed by atoms with Gasteiger partial charge < -0.3 is 11.1 Å². The Morgan fingerprint density at radius 2 is 2.14 bits per heavy atom. The first-order valence-electron chi connectivity index (χ1n) is 7.24. The molecule has 0 saturated heterocycles. The third-order valence-electron chi connectivity index (χ3n) is 3.10. The van der Waals surface area contributed by atoms with Crippen LogP contribution in [-0.4, -0.2) is 33.8 Å². The van der Waals surface area contributed by atoms with Crippen molar-refractivity contribution in [2.45, 2.75) is 26.2 Å². The Hall–Kier alpha value is -1.92. The van der Waals surface area contributed by atoms with Gasteiger partial charge >= 0.3 is 0 Å². The van der Waals surface area contributed by atoms with Crippen molar-refractivity contribution in [2.75, 3.05) is 13.1 Å². The highest BCUT2D eigenvalue weighted by Gasteiger charge is 2.20. The summed E-state index contributed by atoms with van der Waals surface area (Å²) in [4.78, 5) is 16.5. The van der Waals surface area contributed by atoms with Gasteiger partial charge in [0.2, 0.25) is 5.82 Å². The van der Waals surface area contributed by atoms with E-state index in [0.29, 0.717) is 36.0 Å². The molecule has 1 aromatic carbocycles. The number of nitrogens with one attached hydrogen (secondary N) is 1. The van der Waals surface area contributed by atoms with E-state index in [1.54, 1.807) is 10.7 Å². The number of hydrogen-bond donors (Lipinski definition) is 2. The molecule has 0 aliphatic rings. The van der Waals surface area contributed by atoms with Crippen LogP contribution >= 0.6 is 11.6 Å². The molecule has 0 unspecified atom stereocenters. The molecular weight excluding hydrogens is 302 g/mol. The number of hydrogen-bond acceptors (Lipinski definition) is 4. The Bertz CT molecular complexity index is 653. The number of nitrogens with two attached hydrogens (primary N) is 1. The zero-order chi connectivity index (χ0) is 16.1. The molecule has 0 aliphatic carbocycles. The maximum absolute atomic E-state index is 12.1. The Balaban J connectivity index is 2.34. The highest BCUT2D eigenvalue weighted by atomic mass is 35.5. The van der Waals surface area contributed by atoms with Crippen LogP contribution in [0.2, 0.25) is 5.02 Å². The molecule has 0 fully saturated rings. The normalized spacial score (nSPS) is 11.0. The van der Waals surface area contributed by atoms with E-state index in [-0.39, 0.29) is 17.6 Å². The van der Waals surface area contributed by atoms with E-state index in [1.165, 1.54) is 0 Å². The fourth-order valence-corrected chi connectivity index (χ4v) is 2.19. The van der Waals surface area contributed by atoms with E-state index in [1.807, 2.05) is 32.0 Å². The predicted octanol–water partition coefficient (Wildman–Crippen LogP) is 2.12.